The van der Waals surface area contributed by atoms with E-state index >= 15 is 0 Å². The number of Topliss-reactive ketones (excluding diaryl/α,β-unsaturated/α-hetero) is 2. The van der Waals surface area contributed by atoms with E-state index in [1.165, 1.54) is 16.7 Å². The Bertz CT molecular complexity index is 6120. The van der Waals surface area contributed by atoms with Crippen LogP contribution in [0.5, 0.6) is 34.5 Å². The molecule has 4 amide bonds. The number of hydrogen-bond acceptors (Lipinski definition) is 21. The zero-order chi connectivity index (χ0) is 95.7. The van der Waals surface area contributed by atoms with Crippen molar-refractivity contribution in [2.75, 3.05) is 150 Å². The number of rotatable bonds is 44. The van der Waals surface area contributed by atoms with Crippen molar-refractivity contribution in [1.82, 2.24) is 0 Å². The molecule has 25 nitrogen and oxygen atoms in total. The molecule has 4 atom stereocenters. The molecule has 26 heteroatoms. The fourth-order valence-electron chi connectivity index (χ4n) is 20.2. The second kappa shape index (κ2) is 47.5. The third-order valence-corrected chi connectivity index (χ3v) is 27.5. The molecule has 8 aliphatic rings. The van der Waals surface area contributed by atoms with Gasteiger partial charge in [-0.1, -0.05) is 98.2 Å². The van der Waals surface area contributed by atoms with Gasteiger partial charge in [-0.15, -0.1) is 0 Å². The molecule has 725 valence electrons. The van der Waals surface area contributed by atoms with Gasteiger partial charge in [-0.05, 0) is 242 Å². The molecule has 1 radical (unpaired) electrons. The number of nitrogens with zero attached hydrogens (tertiary/aromatic N) is 7. The van der Waals surface area contributed by atoms with Crippen LogP contribution >= 0.6 is 0 Å². The summed E-state index contributed by atoms with van der Waals surface area (Å²) in [6, 6.07) is 60.7. The van der Waals surface area contributed by atoms with Crippen LogP contribution in [0.1, 0.15) is 179 Å². The van der Waals surface area contributed by atoms with Crippen LogP contribution in [-0.2, 0) is 142 Å². The van der Waals surface area contributed by atoms with Gasteiger partial charge >= 0.3 is 0 Å². The first kappa shape index (κ1) is 100. The van der Waals surface area contributed by atoms with E-state index in [4.69, 9.17) is 61.8 Å². The second-order valence-corrected chi connectivity index (χ2v) is 36.6. The normalized spacial score (nSPS) is 16.5. The van der Waals surface area contributed by atoms with Gasteiger partial charge in [0.2, 0.25) is 0 Å². The molecule has 10 aromatic carbocycles. The van der Waals surface area contributed by atoms with Crippen molar-refractivity contribution in [2.45, 2.75) is 175 Å². The molecule has 0 saturated heterocycles. The van der Waals surface area contributed by atoms with Gasteiger partial charge in [-0.3, -0.25) is 38.7 Å². The van der Waals surface area contributed by atoms with Gasteiger partial charge < -0.3 is 87.8 Å². The van der Waals surface area contributed by atoms with Gasteiger partial charge in [-0.2, -0.15) is 6.42 Å². The zero-order valence-corrected chi connectivity index (χ0v) is 84.0. The number of ketones is 2. The van der Waals surface area contributed by atoms with Crippen molar-refractivity contribution in [3.05, 3.63) is 283 Å². The molecule has 0 unspecified atom stereocenters. The number of anilines is 6. The Morgan fingerprint density at radius 1 is 0.388 bits per heavy atom. The van der Waals surface area contributed by atoms with Crippen LogP contribution in [0.25, 0.3) is 0 Å². The molecule has 0 aliphatic carbocycles. The Morgan fingerprint density at radius 3 is 1.23 bits per heavy atom. The average Bonchev–Trinajstić information content (AvgIpc) is 1.61. The van der Waals surface area contributed by atoms with E-state index in [2.05, 4.69) is 101 Å². The third-order valence-electron chi connectivity index (χ3n) is 27.5. The fraction of sp³-hybridized carbons (Fsp3) is 0.398. The SMILES string of the molecule is CCC(=O)CCCN(CCOCCOCCOC)c1cc(COc2cc3c(cc2C)C(=O)N2c4ccccc4C[C@H]2CC3)cc(COc2cc3c(cc2OC)C(=O)N2c4ccccc4C[C@H]2C=N3)c1.CCC(=O)CCCN(CCOCCOCCOC)c1cc(COc2cc3c(cc2C)C(=O)N2c4ccccc4C[C@H]2CC3)cc(COc2cc3c(cc2OC)C(=O)N2c4ccccc4C[C@H]2[CH-]C3)c1.[Y]. The summed E-state index contributed by atoms with van der Waals surface area (Å²) >= 11 is 0. The van der Waals surface area contributed by atoms with Gasteiger partial charge in [0.25, 0.3) is 23.6 Å². The molecular weight excluding hydrogens is 1830 g/mol. The molecule has 0 aromatic heterocycles. The summed E-state index contributed by atoms with van der Waals surface area (Å²) < 4.78 is 71.8. The Morgan fingerprint density at radius 2 is 0.770 bits per heavy atom. The predicted octanol–water partition coefficient (Wildman–Crippen LogP) is 18.5. The Hall–Kier alpha value is -11.6. The van der Waals surface area contributed by atoms with Crippen LogP contribution in [0, 0.1) is 20.3 Å². The standard InChI is InChI=1S/C57H64N3O9.C56H62N4O9.Y/c1-5-48(61)13-10-20-58(21-22-66-25-26-67-24-23-64-3)47-29-39(36-68-53-33-41-16-18-45-31-43-11-6-8-14-51(43)59(45)56(62)49(41)27-38(53)2)28-40(30-47)37-69-55-34-42-17-19-46-32-44-12-7-9-15-52(44)60(46)57(63)50(42)35-54(55)65-4;1-5-46(61)13-10-18-58(19-20-66-23-24-67-22-21-64-3)44-27-38(35-68-52-31-40-16-17-43-29-41-11-6-8-14-50(41)59(43)55(62)47(40)25-37(52)2)26-39(28-44)36-69-54-33-49-48(32-53(54)65-4)56(63)60-45(34-57-49)30-42-12-7-9-15-51(42)60;/h6-9,11-12,14-15,19,27-30,33-35,45-46H,5,10,13,16-18,20-26,31-32,36-37H2,1-4H3;6-9,11-12,14-15,25-28,31-34,43,45H,5,10,13,16-24,29-30,35-36H2,1-4H3;/q-1;;/t45-,46-;43-,45+;/m11./s1. The minimum Gasteiger partial charge on any atom is -0.493 e. The van der Waals surface area contributed by atoms with Crippen LogP contribution < -0.4 is 57.8 Å². The molecule has 0 fully saturated rings. The van der Waals surface area contributed by atoms with Crippen molar-refractivity contribution in [3.63, 3.8) is 0 Å². The van der Waals surface area contributed by atoms with Crippen LogP contribution in [-0.4, -0.2) is 186 Å². The monoisotopic (exact) mass is 1960 g/mol. The number of fused-ring (bicyclic) bond motifs is 16. The minimum atomic E-state index is -0.184. The van der Waals surface area contributed by atoms with Crippen molar-refractivity contribution in [2.24, 2.45) is 4.99 Å². The summed E-state index contributed by atoms with van der Waals surface area (Å²) in [6.07, 6.45) is 14.6. The van der Waals surface area contributed by atoms with E-state index in [0.29, 0.717) is 183 Å². The fourth-order valence-corrected chi connectivity index (χ4v) is 20.2. The summed E-state index contributed by atoms with van der Waals surface area (Å²) in [7, 11) is 6.47. The van der Waals surface area contributed by atoms with Gasteiger partial charge in [-0.25, -0.2) is 0 Å². The maximum Gasteiger partial charge on any atom is 0.261 e. The van der Waals surface area contributed by atoms with E-state index in [1.807, 2.05) is 138 Å². The minimum absolute atomic E-state index is 0. The number of hydrogen-bond donors (Lipinski definition) is 0. The first-order chi connectivity index (χ1) is 67.4. The van der Waals surface area contributed by atoms with E-state index in [1.54, 1.807) is 40.6 Å². The maximum absolute atomic E-state index is 14.2. The van der Waals surface area contributed by atoms with E-state index < -0.39 is 0 Å². The molecule has 139 heavy (non-hydrogen) atoms. The van der Waals surface area contributed by atoms with Crippen LogP contribution in [0.15, 0.2) is 187 Å². The predicted molar refractivity (Wildman–Crippen MR) is 535 cm³/mol. The molecule has 0 N–H and O–H groups in total. The largest absolute Gasteiger partial charge is 0.493 e. The Kier molecular flexibility index (Phi) is 34.3. The van der Waals surface area contributed by atoms with Gasteiger partial charge in [0.05, 0.1) is 97.6 Å². The van der Waals surface area contributed by atoms with E-state index in [0.717, 1.165) is 157 Å². The van der Waals surface area contributed by atoms with Crippen molar-refractivity contribution in [1.29, 1.82) is 0 Å². The Balaban J connectivity index is 0.000000199. The van der Waals surface area contributed by atoms with E-state index in [9.17, 15) is 28.8 Å². The van der Waals surface area contributed by atoms with Gasteiger partial charge in [0.15, 0.2) is 23.0 Å². The van der Waals surface area contributed by atoms with Crippen molar-refractivity contribution < 1.29 is 118 Å². The number of carbonyl (C=O) groups is 6. The second-order valence-electron chi connectivity index (χ2n) is 36.6. The first-order valence-electron chi connectivity index (χ1n) is 48.8. The summed E-state index contributed by atoms with van der Waals surface area (Å²) in [5, 5.41) is 0. The number of methoxy groups -OCH3 is 4. The van der Waals surface area contributed by atoms with E-state index in [-0.39, 0.29) is 118 Å². The number of amides is 4. The third kappa shape index (κ3) is 23.5. The van der Waals surface area contributed by atoms with Gasteiger partial charge in [0.1, 0.15) is 49.5 Å². The summed E-state index contributed by atoms with van der Waals surface area (Å²) in [6.45, 7) is 16.0. The topological polar surface area (TPSA) is 245 Å². The molecule has 8 heterocycles. The molecular formula is C113H126N7O18Y-. The smallest absolute Gasteiger partial charge is 0.261 e. The first-order valence-corrected chi connectivity index (χ1v) is 48.8. The quantitative estimate of drug-likeness (QED) is 0.0254. The van der Waals surface area contributed by atoms with Gasteiger partial charge in [0, 0.05) is 180 Å². The molecule has 0 spiro atoms. The molecule has 8 aliphatic heterocycles. The molecule has 0 saturated carbocycles. The number of benzene rings is 10. The number of aliphatic imine (C=N–C) groups is 1. The summed E-state index contributed by atoms with van der Waals surface area (Å²) in [5.41, 5.74) is 21.9. The number of ether oxygens (including phenoxy) is 12. The average molecular weight is 1960 g/mol. The number of aryl methyl sites for hydroxylation is 4. The van der Waals surface area contributed by atoms with Crippen LogP contribution in [0.4, 0.5) is 39.8 Å². The maximum atomic E-state index is 14.2. The summed E-state index contributed by atoms with van der Waals surface area (Å²) in [4.78, 5) is 98.6. The summed E-state index contributed by atoms with van der Waals surface area (Å²) in [5.74, 6) is 3.79. The number of para-hydroxylation sites is 4. The Labute approximate surface area is 840 Å². The van der Waals surface area contributed by atoms with Crippen molar-refractivity contribution in [3.8, 4) is 34.5 Å². The van der Waals surface area contributed by atoms with Crippen molar-refractivity contribution >= 4 is 81.2 Å². The van der Waals surface area contributed by atoms with Crippen LogP contribution in [0.3, 0.4) is 0 Å². The number of carbonyl (C=O) groups excluding carboxylic acids is 6. The molecule has 18 rings (SSSR count). The van der Waals surface area contributed by atoms with Crippen LogP contribution in [0.2, 0.25) is 0 Å². The zero-order valence-electron chi connectivity index (χ0n) is 81.2. The molecule has 10 aromatic rings. The molecule has 0 bridgehead atoms.